The summed E-state index contributed by atoms with van der Waals surface area (Å²) in [6.45, 7) is 0. The molecule has 0 aromatic carbocycles. The van der Waals surface area contributed by atoms with E-state index in [1.54, 1.807) is 10.9 Å². The van der Waals surface area contributed by atoms with Gasteiger partial charge in [-0.3, -0.25) is 9.67 Å². The molecular formula is C11H13BrN4. The van der Waals surface area contributed by atoms with Crippen molar-refractivity contribution in [2.24, 2.45) is 12.8 Å². The van der Waals surface area contributed by atoms with Gasteiger partial charge < -0.3 is 5.73 Å². The van der Waals surface area contributed by atoms with Gasteiger partial charge in [-0.05, 0) is 40.0 Å². The smallest absolute Gasteiger partial charge is 0.0795 e. The predicted octanol–water partition coefficient (Wildman–Crippen LogP) is 1.82. The molecular weight excluding hydrogens is 268 g/mol. The van der Waals surface area contributed by atoms with Crippen molar-refractivity contribution in [3.05, 3.63) is 46.5 Å². The van der Waals surface area contributed by atoms with Crippen molar-refractivity contribution in [3.8, 4) is 0 Å². The highest BCUT2D eigenvalue weighted by atomic mass is 79.9. The van der Waals surface area contributed by atoms with E-state index in [0.29, 0.717) is 0 Å². The SMILES string of the molecule is Cn1ccc(C(N)Cc2cncc(Br)c2)n1. The molecule has 4 nitrogen and oxygen atoms in total. The molecule has 0 saturated carbocycles. The van der Waals surface area contributed by atoms with Crippen LogP contribution in [0, 0.1) is 0 Å². The fraction of sp³-hybridized carbons (Fsp3) is 0.273. The maximum atomic E-state index is 6.07. The summed E-state index contributed by atoms with van der Waals surface area (Å²) in [4.78, 5) is 4.11. The van der Waals surface area contributed by atoms with Gasteiger partial charge in [0.2, 0.25) is 0 Å². The summed E-state index contributed by atoms with van der Waals surface area (Å²) in [7, 11) is 1.89. The Kier molecular flexibility index (Phi) is 3.36. The van der Waals surface area contributed by atoms with Gasteiger partial charge in [-0.2, -0.15) is 5.10 Å². The van der Waals surface area contributed by atoms with Crippen molar-refractivity contribution in [2.45, 2.75) is 12.5 Å². The fourth-order valence-corrected chi connectivity index (χ4v) is 1.97. The molecule has 16 heavy (non-hydrogen) atoms. The third-order valence-corrected chi connectivity index (χ3v) is 2.76. The summed E-state index contributed by atoms with van der Waals surface area (Å²) in [5.74, 6) is 0. The minimum absolute atomic E-state index is 0.0858. The van der Waals surface area contributed by atoms with Gasteiger partial charge in [-0.15, -0.1) is 0 Å². The molecule has 0 bridgehead atoms. The summed E-state index contributed by atoms with van der Waals surface area (Å²) < 4.78 is 2.73. The first-order valence-electron chi connectivity index (χ1n) is 4.99. The molecule has 5 heteroatoms. The Morgan fingerprint density at radius 3 is 2.94 bits per heavy atom. The Morgan fingerprint density at radius 1 is 1.50 bits per heavy atom. The van der Waals surface area contributed by atoms with Crippen molar-refractivity contribution in [1.82, 2.24) is 14.8 Å². The molecule has 0 spiro atoms. The van der Waals surface area contributed by atoms with Crippen molar-refractivity contribution in [2.75, 3.05) is 0 Å². The lowest BCUT2D eigenvalue weighted by atomic mass is 10.1. The number of nitrogens with zero attached hydrogens (tertiary/aromatic N) is 3. The molecule has 2 rings (SSSR count). The number of aromatic nitrogens is 3. The molecule has 2 aromatic rings. The molecule has 0 saturated heterocycles. The third kappa shape index (κ3) is 2.68. The van der Waals surface area contributed by atoms with E-state index in [0.717, 1.165) is 22.2 Å². The van der Waals surface area contributed by atoms with Gasteiger partial charge in [-0.1, -0.05) is 0 Å². The van der Waals surface area contributed by atoms with E-state index < -0.39 is 0 Å². The number of hydrogen-bond donors (Lipinski definition) is 1. The second-order valence-electron chi connectivity index (χ2n) is 3.74. The summed E-state index contributed by atoms with van der Waals surface area (Å²) >= 11 is 3.39. The Bertz CT molecular complexity index is 480. The molecule has 2 N–H and O–H groups in total. The van der Waals surface area contributed by atoms with Crippen LogP contribution in [-0.2, 0) is 13.5 Å². The van der Waals surface area contributed by atoms with Gasteiger partial charge in [0.15, 0.2) is 0 Å². The van der Waals surface area contributed by atoms with E-state index in [1.165, 1.54) is 0 Å². The molecule has 1 atom stereocenters. The zero-order chi connectivity index (χ0) is 11.5. The van der Waals surface area contributed by atoms with Gasteiger partial charge in [0.05, 0.1) is 11.7 Å². The van der Waals surface area contributed by atoms with Crippen LogP contribution in [0.5, 0.6) is 0 Å². The first-order valence-corrected chi connectivity index (χ1v) is 5.79. The fourth-order valence-electron chi connectivity index (χ4n) is 1.56. The third-order valence-electron chi connectivity index (χ3n) is 2.33. The maximum absolute atomic E-state index is 6.07. The van der Waals surface area contributed by atoms with Crippen LogP contribution in [0.2, 0.25) is 0 Å². The normalized spacial score (nSPS) is 12.7. The summed E-state index contributed by atoms with van der Waals surface area (Å²) in [5, 5.41) is 4.29. The van der Waals surface area contributed by atoms with Crippen LogP contribution in [0.15, 0.2) is 35.2 Å². The van der Waals surface area contributed by atoms with Gasteiger partial charge in [0, 0.05) is 30.1 Å². The van der Waals surface area contributed by atoms with Crippen molar-refractivity contribution < 1.29 is 0 Å². The van der Waals surface area contributed by atoms with Crippen LogP contribution in [-0.4, -0.2) is 14.8 Å². The van der Waals surface area contributed by atoms with E-state index in [4.69, 9.17) is 5.73 Å². The number of nitrogens with two attached hydrogens (primary N) is 1. The van der Waals surface area contributed by atoms with Crippen LogP contribution in [0.1, 0.15) is 17.3 Å². The largest absolute Gasteiger partial charge is 0.322 e. The van der Waals surface area contributed by atoms with E-state index in [-0.39, 0.29) is 6.04 Å². The Morgan fingerprint density at radius 2 is 2.31 bits per heavy atom. The minimum atomic E-state index is -0.0858. The first kappa shape index (κ1) is 11.3. The van der Waals surface area contributed by atoms with Crippen LogP contribution < -0.4 is 5.73 Å². The van der Waals surface area contributed by atoms with Crippen molar-refractivity contribution in [1.29, 1.82) is 0 Å². The standard InChI is InChI=1S/C11H13BrN4/c1-16-3-2-11(15-16)10(13)5-8-4-9(12)7-14-6-8/h2-4,6-7,10H,5,13H2,1H3. The second-order valence-corrected chi connectivity index (χ2v) is 4.65. The van der Waals surface area contributed by atoms with E-state index in [2.05, 4.69) is 26.0 Å². The van der Waals surface area contributed by atoms with Crippen LogP contribution in [0.25, 0.3) is 0 Å². The zero-order valence-electron chi connectivity index (χ0n) is 8.97. The Hall–Kier alpha value is -1.20. The minimum Gasteiger partial charge on any atom is -0.322 e. The van der Waals surface area contributed by atoms with Crippen molar-refractivity contribution in [3.63, 3.8) is 0 Å². The Labute approximate surface area is 103 Å². The highest BCUT2D eigenvalue weighted by Gasteiger charge is 2.10. The molecule has 0 amide bonds. The second kappa shape index (κ2) is 4.76. The monoisotopic (exact) mass is 280 g/mol. The summed E-state index contributed by atoms with van der Waals surface area (Å²) in [5.41, 5.74) is 8.08. The van der Waals surface area contributed by atoms with E-state index in [1.807, 2.05) is 31.6 Å². The number of rotatable bonds is 3. The van der Waals surface area contributed by atoms with Gasteiger partial charge >= 0.3 is 0 Å². The van der Waals surface area contributed by atoms with Crippen LogP contribution >= 0.6 is 15.9 Å². The topological polar surface area (TPSA) is 56.7 Å². The van der Waals surface area contributed by atoms with Gasteiger partial charge in [0.25, 0.3) is 0 Å². The molecule has 84 valence electrons. The van der Waals surface area contributed by atoms with Gasteiger partial charge in [-0.25, -0.2) is 0 Å². The maximum Gasteiger partial charge on any atom is 0.0795 e. The molecule has 1 unspecified atom stereocenters. The molecule has 0 aliphatic rings. The summed E-state index contributed by atoms with van der Waals surface area (Å²) in [6, 6.07) is 3.88. The molecule has 2 aromatic heterocycles. The summed E-state index contributed by atoms with van der Waals surface area (Å²) in [6.07, 6.45) is 6.22. The van der Waals surface area contributed by atoms with Crippen LogP contribution in [0.4, 0.5) is 0 Å². The number of aryl methyl sites for hydroxylation is 1. The molecule has 2 heterocycles. The average molecular weight is 281 g/mol. The van der Waals surface area contributed by atoms with Crippen LogP contribution in [0.3, 0.4) is 0 Å². The highest BCUT2D eigenvalue weighted by molar-refractivity contribution is 9.10. The lowest BCUT2D eigenvalue weighted by Gasteiger charge is -2.08. The Balaban J connectivity index is 2.10. The lowest BCUT2D eigenvalue weighted by Crippen LogP contribution is -2.14. The predicted molar refractivity (Wildman–Crippen MR) is 65.8 cm³/mol. The average Bonchev–Trinajstić information content (AvgIpc) is 2.65. The lowest BCUT2D eigenvalue weighted by molar-refractivity contribution is 0.656. The molecule has 0 aliphatic heterocycles. The first-order chi connectivity index (χ1) is 7.65. The number of pyridine rings is 1. The molecule has 0 radical (unpaired) electrons. The number of hydrogen-bond acceptors (Lipinski definition) is 3. The molecule has 0 fully saturated rings. The zero-order valence-corrected chi connectivity index (χ0v) is 10.6. The molecule has 0 aliphatic carbocycles. The highest BCUT2D eigenvalue weighted by Crippen LogP contribution is 2.16. The van der Waals surface area contributed by atoms with Crippen molar-refractivity contribution >= 4 is 15.9 Å². The quantitative estimate of drug-likeness (QED) is 0.933. The van der Waals surface area contributed by atoms with E-state index in [9.17, 15) is 0 Å². The van der Waals surface area contributed by atoms with E-state index >= 15 is 0 Å². The number of halogens is 1. The van der Waals surface area contributed by atoms with Gasteiger partial charge in [0.1, 0.15) is 0 Å².